The van der Waals surface area contributed by atoms with Gasteiger partial charge in [0.05, 0.1) is 0 Å². The van der Waals surface area contributed by atoms with Crippen LogP contribution in [0, 0.1) is 46.8 Å². The van der Waals surface area contributed by atoms with Crippen LogP contribution in [0.1, 0.15) is 58.8 Å². The van der Waals surface area contributed by atoms with Crippen molar-refractivity contribution in [3.05, 3.63) is 11.6 Å². The van der Waals surface area contributed by atoms with Crippen molar-refractivity contribution in [2.45, 2.75) is 58.8 Å². The number of rotatable bonds is 0. The van der Waals surface area contributed by atoms with Crippen molar-refractivity contribution in [2.75, 3.05) is 0 Å². The minimum Gasteiger partial charge on any atom is -0.300 e. The number of carbonyl (C=O) groups is 2. The zero-order valence-corrected chi connectivity index (χ0v) is 14.2. The van der Waals surface area contributed by atoms with E-state index in [4.69, 9.17) is 6.42 Å². The summed E-state index contributed by atoms with van der Waals surface area (Å²) in [4.78, 5) is 24.8. The maximum absolute atomic E-state index is 12.9. The lowest BCUT2D eigenvalue weighted by atomic mass is 9.44. The fourth-order valence-corrected chi connectivity index (χ4v) is 6.63. The van der Waals surface area contributed by atoms with Crippen LogP contribution in [0.2, 0.25) is 0 Å². The molecule has 0 saturated heterocycles. The first-order chi connectivity index (χ1) is 10.9. The van der Waals surface area contributed by atoms with Crippen LogP contribution in [0.25, 0.3) is 0 Å². The molecule has 122 valence electrons. The number of carbonyl (C=O) groups excluding carboxylic acids is 2. The third-order valence-electron chi connectivity index (χ3n) is 8.02. The van der Waals surface area contributed by atoms with Crippen molar-refractivity contribution >= 4 is 11.6 Å². The fourth-order valence-electron chi connectivity index (χ4n) is 6.63. The molecule has 2 nitrogen and oxygen atoms in total. The fraction of sp³-hybridized carbons (Fsp3) is 0.714. The SMILES string of the molecule is C#CC1=CCC2C3CC(=O)C4CC(=O)CC[C@]4(C)C3CC[C@]12C. The number of hydrogen-bond acceptors (Lipinski definition) is 2. The molecule has 0 amide bonds. The second-order valence-electron chi connectivity index (χ2n) is 8.80. The van der Waals surface area contributed by atoms with E-state index in [9.17, 15) is 9.59 Å². The van der Waals surface area contributed by atoms with Crippen LogP contribution in [0.4, 0.5) is 0 Å². The van der Waals surface area contributed by atoms with Gasteiger partial charge in [0.1, 0.15) is 11.6 Å². The topological polar surface area (TPSA) is 34.1 Å². The molecule has 0 aromatic rings. The van der Waals surface area contributed by atoms with Gasteiger partial charge in [-0.05, 0) is 48.9 Å². The molecule has 2 heteroatoms. The molecule has 0 spiro atoms. The Kier molecular flexibility index (Phi) is 3.18. The summed E-state index contributed by atoms with van der Waals surface area (Å²) in [6, 6.07) is 0. The lowest BCUT2D eigenvalue weighted by Gasteiger charge is -2.59. The Hall–Kier alpha value is -1.36. The average molecular weight is 310 g/mol. The van der Waals surface area contributed by atoms with Crippen LogP contribution in [0.15, 0.2) is 11.6 Å². The van der Waals surface area contributed by atoms with E-state index in [0.717, 1.165) is 25.7 Å². The zero-order valence-electron chi connectivity index (χ0n) is 14.2. The molecule has 4 rings (SSSR count). The first-order valence-electron chi connectivity index (χ1n) is 9.12. The summed E-state index contributed by atoms with van der Waals surface area (Å²) in [7, 11) is 0. The molecule has 4 aliphatic carbocycles. The highest BCUT2D eigenvalue weighted by Gasteiger charge is 2.60. The van der Waals surface area contributed by atoms with E-state index in [1.165, 1.54) is 5.57 Å². The van der Waals surface area contributed by atoms with Gasteiger partial charge in [0.2, 0.25) is 0 Å². The van der Waals surface area contributed by atoms with Crippen molar-refractivity contribution in [3.8, 4) is 12.3 Å². The Labute approximate surface area is 139 Å². The maximum Gasteiger partial charge on any atom is 0.137 e. The lowest BCUT2D eigenvalue weighted by Crippen LogP contribution is -2.56. The number of ketones is 2. The molecule has 0 aliphatic heterocycles. The van der Waals surface area contributed by atoms with E-state index in [1.807, 2.05) is 0 Å². The van der Waals surface area contributed by atoms with Crippen molar-refractivity contribution in [3.63, 3.8) is 0 Å². The molecule has 0 aromatic heterocycles. The summed E-state index contributed by atoms with van der Waals surface area (Å²) in [5.41, 5.74) is 1.30. The second-order valence-corrected chi connectivity index (χ2v) is 8.80. The monoisotopic (exact) mass is 310 g/mol. The van der Waals surface area contributed by atoms with Crippen molar-refractivity contribution < 1.29 is 9.59 Å². The highest BCUT2D eigenvalue weighted by molar-refractivity contribution is 5.90. The summed E-state index contributed by atoms with van der Waals surface area (Å²) >= 11 is 0. The van der Waals surface area contributed by atoms with E-state index in [0.29, 0.717) is 42.8 Å². The van der Waals surface area contributed by atoms with Crippen molar-refractivity contribution in [1.82, 2.24) is 0 Å². The molecule has 23 heavy (non-hydrogen) atoms. The summed E-state index contributed by atoms with van der Waals surface area (Å²) in [6.07, 6.45) is 14.1. The summed E-state index contributed by atoms with van der Waals surface area (Å²) in [5, 5.41) is 0. The Bertz CT molecular complexity index is 651. The minimum atomic E-state index is -0.0178. The normalized spacial score (nSPS) is 48.8. The summed E-state index contributed by atoms with van der Waals surface area (Å²) < 4.78 is 0. The standard InChI is InChI=1S/C21H26O2/c1-4-13-5-6-16-15-12-19(23)18-11-14(22)7-9-21(18,3)17(15)8-10-20(13,16)2/h1,5,15-18H,6-12H2,2-3H3/t15?,16?,17?,18?,20-,21-/m1/s1. The molecule has 4 unspecified atom stereocenters. The van der Waals surface area contributed by atoms with Crippen LogP contribution < -0.4 is 0 Å². The summed E-state index contributed by atoms with van der Waals surface area (Å²) in [6.45, 7) is 4.61. The molecule has 3 fully saturated rings. The first kappa shape index (κ1) is 15.2. The smallest absolute Gasteiger partial charge is 0.137 e. The van der Waals surface area contributed by atoms with Crippen LogP contribution >= 0.6 is 0 Å². The van der Waals surface area contributed by atoms with Gasteiger partial charge in [-0.15, -0.1) is 6.42 Å². The van der Waals surface area contributed by atoms with Gasteiger partial charge in [0.25, 0.3) is 0 Å². The van der Waals surface area contributed by atoms with Gasteiger partial charge >= 0.3 is 0 Å². The van der Waals surface area contributed by atoms with Crippen LogP contribution in [0.3, 0.4) is 0 Å². The quantitative estimate of drug-likeness (QED) is 0.635. The minimum absolute atomic E-state index is 0.0178. The van der Waals surface area contributed by atoms with Crippen molar-refractivity contribution in [2.24, 2.45) is 34.5 Å². The third-order valence-corrected chi connectivity index (χ3v) is 8.02. The van der Waals surface area contributed by atoms with Gasteiger partial charge in [-0.3, -0.25) is 9.59 Å². The van der Waals surface area contributed by atoms with Gasteiger partial charge in [0.15, 0.2) is 0 Å². The molecule has 0 N–H and O–H groups in total. The van der Waals surface area contributed by atoms with E-state index in [1.54, 1.807) is 0 Å². The van der Waals surface area contributed by atoms with Crippen LogP contribution in [-0.2, 0) is 9.59 Å². The third kappa shape index (κ3) is 1.89. The molecule has 0 heterocycles. The van der Waals surface area contributed by atoms with Gasteiger partial charge in [-0.25, -0.2) is 0 Å². The summed E-state index contributed by atoms with van der Waals surface area (Å²) in [5.74, 6) is 5.09. The van der Waals surface area contributed by atoms with Gasteiger partial charge in [-0.1, -0.05) is 25.8 Å². The average Bonchev–Trinajstić information content (AvgIpc) is 2.86. The van der Waals surface area contributed by atoms with Gasteiger partial charge in [-0.2, -0.15) is 0 Å². The zero-order chi connectivity index (χ0) is 16.4. The molecule has 4 aliphatic rings. The number of allylic oxidation sites excluding steroid dienone is 2. The number of fused-ring (bicyclic) bond motifs is 5. The van der Waals surface area contributed by atoms with Crippen LogP contribution in [0.5, 0.6) is 0 Å². The number of Topliss-reactive ketones (excluding diaryl/α,β-unsaturated/α-hetero) is 2. The van der Waals surface area contributed by atoms with E-state index in [-0.39, 0.29) is 22.5 Å². The molecule has 6 atom stereocenters. The lowest BCUT2D eigenvalue weighted by molar-refractivity contribution is -0.156. The molecular formula is C21H26O2. The number of hydrogen-bond donors (Lipinski definition) is 0. The van der Waals surface area contributed by atoms with Gasteiger partial charge < -0.3 is 0 Å². The van der Waals surface area contributed by atoms with E-state index >= 15 is 0 Å². The Morgan fingerprint density at radius 1 is 1.17 bits per heavy atom. The number of terminal acetylenes is 1. The van der Waals surface area contributed by atoms with Gasteiger partial charge in [0, 0.05) is 36.2 Å². The Morgan fingerprint density at radius 2 is 1.96 bits per heavy atom. The molecular weight excluding hydrogens is 284 g/mol. The largest absolute Gasteiger partial charge is 0.300 e. The van der Waals surface area contributed by atoms with E-state index in [2.05, 4.69) is 25.8 Å². The first-order valence-corrected chi connectivity index (χ1v) is 9.12. The van der Waals surface area contributed by atoms with Crippen molar-refractivity contribution in [1.29, 1.82) is 0 Å². The highest BCUT2D eigenvalue weighted by Crippen LogP contribution is 2.65. The Balaban J connectivity index is 1.70. The van der Waals surface area contributed by atoms with Crippen LogP contribution in [-0.4, -0.2) is 11.6 Å². The second kappa shape index (κ2) is 4.82. The Morgan fingerprint density at radius 3 is 2.70 bits per heavy atom. The molecule has 0 aromatic carbocycles. The predicted octanol–water partition coefficient (Wildman–Crippen LogP) is 3.95. The highest BCUT2D eigenvalue weighted by atomic mass is 16.1. The van der Waals surface area contributed by atoms with E-state index < -0.39 is 0 Å². The molecule has 0 bridgehead atoms. The predicted molar refractivity (Wildman–Crippen MR) is 89.4 cm³/mol. The molecule has 0 radical (unpaired) electrons. The maximum atomic E-state index is 12.9. The molecule has 3 saturated carbocycles.